The van der Waals surface area contributed by atoms with Gasteiger partial charge in [-0.15, -0.1) is 10.1 Å². The van der Waals surface area contributed by atoms with Crippen molar-refractivity contribution in [2.24, 2.45) is 0 Å². The summed E-state index contributed by atoms with van der Waals surface area (Å²) in [4.78, 5) is 29.1. The third-order valence-corrected chi connectivity index (χ3v) is 4.44. The Balaban J connectivity index is 2.18. The molecule has 0 spiro atoms. The number of aromatic nitrogens is 1. The Morgan fingerprint density at radius 3 is 2.73 bits per heavy atom. The van der Waals surface area contributed by atoms with E-state index in [-0.39, 0.29) is 31.2 Å². The van der Waals surface area contributed by atoms with Gasteiger partial charge in [-0.3, -0.25) is 9.36 Å². The lowest BCUT2D eigenvalue weighted by Gasteiger charge is -2.17. The van der Waals surface area contributed by atoms with Gasteiger partial charge in [-0.05, 0) is 49.7 Å². The average molecular weight is 365 g/mol. The van der Waals surface area contributed by atoms with Gasteiger partial charge in [0, 0.05) is 24.5 Å². The van der Waals surface area contributed by atoms with Gasteiger partial charge in [0.15, 0.2) is 0 Å². The van der Waals surface area contributed by atoms with Crippen LogP contribution in [0.15, 0.2) is 24.4 Å². The maximum absolute atomic E-state index is 13.7. The molecule has 0 unspecified atom stereocenters. The first-order valence-corrected chi connectivity index (χ1v) is 8.78. The molecule has 0 bridgehead atoms. The van der Waals surface area contributed by atoms with Crippen LogP contribution in [0, 0.1) is 15.9 Å². The second kappa shape index (κ2) is 9.28. The lowest BCUT2D eigenvalue weighted by molar-refractivity contribution is -0.757. The second-order valence-electron chi connectivity index (χ2n) is 6.02. The van der Waals surface area contributed by atoms with E-state index in [0.717, 1.165) is 30.6 Å². The van der Waals surface area contributed by atoms with Crippen LogP contribution in [0.4, 0.5) is 4.39 Å². The molecule has 0 amide bonds. The van der Waals surface area contributed by atoms with E-state index < -0.39 is 5.09 Å². The quantitative estimate of drug-likeness (QED) is 0.367. The van der Waals surface area contributed by atoms with Gasteiger partial charge in [0.25, 0.3) is 5.09 Å². The van der Waals surface area contributed by atoms with Crippen molar-refractivity contribution in [3.63, 3.8) is 0 Å². The van der Waals surface area contributed by atoms with Gasteiger partial charge in [0.1, 0.15) is 5.82 Å². The number of likely N-dealkylation sites (N-methyl/N-ethyl adjacent to an activating group) is 1. The minimum atomic E-state index is -0.871. The molecular weight excluding hydrogens is 341 g/mol. The van der Waals surface area contributed by atoms with E-state index in [1.807, 2.05) is 0 Å². The zero-order valence-electron chi connectivity index (χ0n) is 15.1. The van der Waals surface area contributed by atoms with Crippen LogP contribution in [0.5, 0.6) is 0 Å². The molecule has 26 heavy (non-hydrogen) atoms. The van der Waals surface area contributed by atoms with Crippen molar-refractivity contribution >= 4 is 16.8 Å². The number of nitrogens with zero attached hydrogens (tertiary/aromatic N) is 3. The van der Waals surface area contributed by atoms with Gasteiger partial charge in [-0.2, -0.15) is 0 Å². The van der Waals surface area contributed by atoms with Crippen LogP contribution >= 0.6 is 0 Å². The zero-order valence-corrected chi connectivity index (χ0v) is 15.1. The lowest BCUT2D eigenvalue weighted by Crippen LogP contribution is -2.25. The van der Waals surface area contributed by atoms with Gasteiger partial charge in [0.05, 0.1) is 12.1 Å². The van der Waals surface area contributed by atoms with E-state index in [9.17, 15) is 19.3 Å². The van der Waals surface area contributed by atoms with E-state index in [1.165, 1.54) is 16.7 Å². The molecule has 2 rings (SSSR count). The third-order valence-electron chi connectivity index (χ3n) is 4.44. The number of benzene rings is 1. The van der Waals surface area contributed by atoms with Crippen molar-refractivity contribution in [1.82, 2.24) is 9.47 Å². The number of hydrogen-bond acceptors (Lipinski definition) is 5. The second-order valence-corrected chi connectivity index (χ2v) is 6.02. The van der Waals surface area contributed by atoms with Gasteiger partial charge in [0.2, 0.25) is 5.91 Å². The Bertz CT molecular complexity index is 771. The largest absolute Gasteiger partial charge is 0.314 e. The molecule has 0 radical (unpaired) electrons. The highest BCUT2D eigenvalue weighted by Crippen LogP contribution is 2.24. The van der Waals surface area contributed by atoms with Crippen LogP contribution in [0.2, 0.25) is 0 Å². The predicted octanol–water partition coefficient (Wildman–Crippen LogP) is 3.29. The van der Waals surface area contributed by atoms with Gasteiger partial charge < -0.3 is 9.74 Å². The van der Waals surface area contributed by atoms with Crippen molar-refractivity contribution in [1.29, 1.82) is 0 Å². The first kappa shape index (κ1) is 19.8. The molecule has 0 saturated carbocycles. The maximum atomic E-state index is 13.7. The average Bonchev–Trinajstić information content (AvgIpc) is 2.97. The minimum absolute atomic E-state index is 0.116. The molecule has 0 atom stereocenters. The fourth-order valence-corrected chi connectivity index (χ4v) is 2.98. The van der Waals surface area contributed by atoms with Gasteiger partial charge >= 0.3 is 0 Å². The summed E-state index contributed by atoms with van der Waals surface area (Å²) in [6.45, 7) is 6.73. The first-order valence-electron chi connectivity index (χ1n) is 8.78. The minimum Gasteiger partial charge on any atom is -0.314 e. The number of fused-ring (bicyclic) bond motifs is 1. The van der Waals surface area contributed by atoms with Crippen molar-refractivity contribution in [2.45, 2.75) is 33.1 Å². The Hall–Kier alpha value is -2.48. The Morgan fingerprint density at radius 2 is 2.08 bits per heavy atom. The molecule has 1 aromatic carbocycles. The Kier molecular flexibility index (Phi) is 7.08. The fraction of sp³-hybridized carbons (Fsp3) is 0.500. The molecule has 0 aliphatic carbocycles. The van der Waals surface area contributed by atoms with E-state index in [1.54, 1.807) is 12.3 Å². The molecule has 0 saturated heterocycles. The number of halogens is 1. The van der Waals surface area contributed by atoms with E-state index in [2.05, 4.69) is 23.6 Å². The zero-order chi connectivity index (χ0) is 19.1. The summed E-state index contributed by atoms with van der Waals surface area (Å²) < 4.78 is 15.2. The molecule has 0 N–H and O–H groups in total. The highest BCUT2D eigenvalue weighted by Gasteiger charge is 2.15. The molecule has 0 fully saturated rings. The summed E-state index contributed by atoms with van der Waals surface area (Å²) >= 11 is 0. The third kappa shape index (κ3) is 5.01. The lowest BCUT2D eigenvalue weighted by atomic mass is 10.1. The van der Waals surface area contributed by atoms with Crippen LogP contribution in [-0.2, 0) is 11.3 Å². The van der Waals surface area contributed by atoms with Crippen LogP contribution in [0.25, 0.3) is 10.9 Å². The molecule has 142 valence electrons. The Morgan fingerprint density at radius 1 is 1.35 bits per heavy atom. The van der Waals surface area contributed by atoms with E-state index >= 15 is 0 Å². The van der Waals surface area contributed by atoms with Crippen LogP contribution < -0.4 is 0 Å². The van der Waals surface area contributed by atoms with E-state index in [4.69, 9.17) is 0 Å². The normalized spacial score (nSPS) is 11.2. The number of hydrogen-bond donors (Lipinski definition) is 0. The van der Waals surface area contributed by atoms with Crippen LogP contribution in [0.1, 0.15) is 37.0 Å². The standard InChI is InChI=1S/C18H24FN3O4/c1-3-20(4-2)10-9-14-13-21(17-8-7-15(19)12-16(14)17)18(23)6-5-11-26-22(24)25/h7-8,12-13H,3-6,9-11H2,1-2H3. The van der Waals surface area contributed by atoms with Gasteiger partial charge in [-0.1, -0.05) is 13.8 Å². The van der Waals surface area contributed by atoms with Crippen molar-refractivity contribution in [3.05, 3.63) is 45.9 Å². The van der Waals surface area contributed by atoms with Crippen molar-refractivity contribution in [2.75, 3.05) is 26.2 Å². The Labute approximate surface area is 151 Å². The molecule has 0 aliphatic heterocycles. The molecule has 8 heteroatoms. The molecule has 1 heterocycles. The number of carbonyl (C=O) groups is 1. The van der Waals surface area contributed by atoms with E-state index in [0.29, 0.717) is 11.9 Å². The highest BCUT2D eigenvalue weighted by atomic mass is 19.1. The highest BCUT2D eigenvalue weighted by molar-refractivity contribution is 5.94. The fourth-order valence-electron chi connectivity index (χ4n) is 2.98. The molecule has 7 nitrogen and oxygen atoms in total. The van der Waals surface area contributed by atoms with Gasteiger partial charge in [-0.25, -0.2) is 4.39 Å². The molecular formula is C18H24FN3O4. The monoisotopic (exact) mass is 365 g/mol. The summed E-state index contributed by atoms with van der Waals surface area (Å²) in [5.41, 5.74) is 1.57. The summed E-state index contributed by atoms with van der Waals surface area (Å²) in [6.07, 6.45) is 2.83. The first-order chi connectivity index (χ1) is 12.5. The smallest absolute Gasteiger partial charge is 0.294 e. The number of carbonyl (C=O) groups excluding carboxylic acids is 1. The van der Waals surface area contributed by atoms with Crippen molar-refractivity contribution in [3.8, 4) is 0 Å². The topological polar surface area (TPSA) is 77.6 Å². The number of rotatable bonds is 10. The molecule has 2 aromatic rings. The molecule has 0 aliphatic rings. The maximum Gasteiger partial charge on any atom is 0.294 e. The van der Waals surface area contributed by atoms with Crippen molar-refractivity contribution < 1.29 is 19.1 Å². The summed E-state index contributed by atoms with van der Waals surface area (Å²) in [5.74, 6) is -0.534. The summed E-state index contributed by atoms with van der Waals surface area (Å²) in [6, 6.07) is 4.37. The molecule has 1 aromatic heterocycles. The SMILES string of the molecule is CCN(CC)CCc1cn(C(=O)CCCO[N+](=O)[O-])c2ccc(F)cc12. The summed E-state index contributed by atoms with van der Waals surface area (Å²) in [7, 11) is 0. The van der Waals surface area contributed by atoms with Crippen LogP contribution in [-0.4, -0.2) is 46.7 Å². The summed E-state index contributed by atoms with van der Waals surface area (Å²) in [5, 5.41) is 10.0. The van der Waals surface area contributed by atoms with Crippen LogP contribution in [0.3, 0.4) is 0 Å². The predicted molar refractivity (Wildman–Crippen MR) is 96.2 cm³/mol.